The van der Waals surface area contributed by atoms with Crippen molar-refractivity contribution in [1.82, 2.24) is 4.83 Å². The van der Waals surface area contributed by atoms with Crippen LogP contribution < -0.4 is 14.3 Å². The van der Waals surface area contributed by atoms with Crippen LogP contribution >= 0.6 is 0 Å². The van der Waals surface area contributed by atoms with E-state index in [2.05, 4.69) is 9.93 Å². The maximum absolute atomic E-state index is 12.2. The third-order valence-corrected chi connectivity index (χ3v) is 4.80. The van der Waals surface area contributed by atoms with Crippen LogP contribution in [0.1, 0.15) is 18.1 Å². The Hall–Kier alpha value is -3.07. The average molecular weight is 392 g/mol. The van der Waals surface area contributed by atoms with Gasteiger partial charge in [-0.25, -0.2) is 9.63 Å². The first-order valence-electron chi connectivity index (χ1n) is 7.92. The Bertz CT molecular complexity index is 939. The molecule has 0 amide bonds. The molecule has 8 nitrogen and oxygen atoms in total. The fraction of sp³-hybridized carbons (Fsp3) is 0.222. The number of nitrogens with one attached hydrogen (secondary N) is 1. The Morgan fingerprint density at radius 3 is 2.44 bits per heavy atom. The lowest BCUT2D eigenvalue weighted by molar-refractivity contribution is -0.144. The Morgan fingerprint density at radius 2 is 1.85 bits per heavy atom. The highest BCUT2D eigenvalue weighted by Crippen LogP contribution is 2.28. The molecule has 2 aromatic carbocycles. The van der Waals surface area contributed by atoms with Crippen molar-refractivity contribution < 1.29 is 27.8 Å². The Labute approximate surface area is 157 Å². The molecule has 0 aliphatic carbocycles. The molecule has 2 N–H and O–H groups in total. The van der Waals surface area contributed by atoms with Gasteiger partial charge >= 0.3 is 5.97 Å². The summed E-state index contributed by atoms with van der Waals surface area (Å²) in [6.45, 7) is 3.26. The summed E-state index contributed by atoms with van der Waals surface area (Å²) in [5.74, 6) is -0.550. The predicted octanol–water partition coefficient (Wildman–Crippen LogP) is 2.17. The van der Waals surface area contributed by atoms with Gasteiger partial charge in [-0.3, -0.25) is 0 Å². The maximum atomic E-state index is 12.2. The van der Waals surface area contributed by atoms with Crippen molar-refractivity contribution in [2.75, 3.05) is 7.11 Å². The molecule has 0 saturated heterocycles. The van der Waals surface area contributed by atoms with E-state index in [0.717, 1.165) is 5.56 Å². The molecule has 144 valence electrons. The van der Waals surface area contributed by atoms with Crippen LogP contribution in [0.15, 0.2) is 52.5 Å². The van der Waals surface area contributed by atoms with E-state index < -0.39 is 22.1 Å². The number of rotatable bonds is 8. The molecule has 0 spiro atoms. The molecule has 1 atom stereocenters. The van der Waals surface area contributed by atoms with Gasteiger partial charge in [-0.1, -0.05) is 17.7 Å². The summed E-state index contributed by atoms with van der Waals surface area (Å²) in [6.07, 6.45) is 0.262. The van der Waals surface area contributed by atoms with Crippen LogP contribution in [0.2, 0.25) is 0 Å². The van der Waals surface area contributed by atoms with E-state index >= 15 is 0 Å². The molecule has 27 heavy (non-hydrogen) atoms. The van der Waals surface area contributed by atoms with E-state index in [0.29, 0.717) is 11.3 Å². The fourth-order valence-electron chi connectivity index (χ4n) is 2.04. The fourth-order valence-corrected chi connectivity index (χ4v) is 2.83. The van der Waals surface area contributed by atoms with Gasteiger partial charge in [-0.05, 0) is 49.7 Å². The molecule has 0 fully saturated rings. The number of aliphatic carboxylic acids is 1. The minimum absolute atomic E-state index is 0.106. The second kappa shape index (κ2) is 8.54. The molecule has 0 aliphatic rings. The molecule has 2 rings (SSSR count). The van der Waals surface area contributed by atoms with E-state index in [-0.39, 0.29) is 10.6 Å². The van der Waals surface area contributed by atoms with Crippen LogP contribution in [-0.2, 0) is 14.8 Å². The van der Waals surface area contributed by atoms with Crippen molar-refractivity contribution in [3.05, 3.63) is 53.6 Å². The van der Waals surface area contributed by atoms with E-state index in [1.54, 1.807) is 24.3 Å². The second-order valence-corrected chi connectivity index (χ2v) is 7.34. The normalized spacial score (nSPS) is 12.6. The molecule has 0 bridgehead atoms. The second-order valence-electron chi connectivity index (χ2n) is 5.67. The predicted molar refractivity (Wildman–Crippen MR) is 99.8 cm³/mol. The molecule has 9 heteroatoms. The van der Waals surface area contributed by atoms with Gasteiger partial charge in [0.2, 0.25) is 0 Å². The molecule has 0 unspecified atom stereocenters. The van der Waals surface area contributed by atoms with Gasteiger partial charge in [0.05, 0.1) is 18.2 Å². The van der Waals surface area contributed by atoms with E-state index in [1.807, 2.05) is 6.92 Å². The van der Waals surface area contributed by atoms with Gasteiger partial charge in [0.25, 0.3) is 10.0 Å². The molecule has 0 saturated carbocycles. The monoisotopic (exact) mass is 392 g/mol. The Morgan fingerprint density at radius 1 is 1.19 bits per heavy atom. The number of ether oxygens (including phenoxy) is 2. The molecule has 0 radical (unpaired) electrons. The van der Waals surface area contributed by atoms with E-state index in [4.69, 9.17) is 14.6 Å². The third-order valence-electron chi connectivity index (χ3n) is 3.56. The number of carboxylic acid groups (broad SMARTS) is 1. The minimum atomic E-state index is -3.77. The van der Waals surface area contributed by atoms with Crippen molar-refractivity contribution in [1.29, 1.82) is 0 Å². The number of hydrogen-bond donors (Lipinski definition) is 2. The molecule has 0 aromatic heterocycles. The molecular formula is C18H20N2O6S. The number of hydrogen-bond acceptors (Lipinski definition) is 6. The first-order valence-corrected chi connectivity index (χ1v) is 9.40. The summed E-state index contributed by atoms with van der Waals surface area (Å²) in [7, 11) is -2.35. The number of carboxylic acids is 1. The van der Waals surface area contributed by atoms with Gasteiger partial charge in [0, 0.05) is 0 Å². The Balaban J connectivity index is 2.12. The van der Waals surface area contributed by atoms with Crippen LogP contribution in [0.4, 0.5) is 0 Å². The average Bonchev–Trinajstić information content (AvgIpc) is 2.62. The summed E-state index contributed by atoms with van der Waals surface area (Å²) in [5, 5.41) is 12.7. The maximum Gasteiger partial charge on any atom is 0.344 e. The highest BCUT2D eigenvalue weighted by Gasteiger charge is 2.16. The Kier molecular flexibility index (Phi) is 6.40. The van der Waals surface area contributed by atoms with Crippen LogP contribution in [0.5, 0.6) is 11.5 Å². The summed E-state index contributed by atoms with van der Waals surface area (Å²) >= 11 is 0. The minimum Gasteiger partial charge on any atom is -0.493 e. The number of methoxy groups -OCH3 is 1. The topological polar surface area (TPSA) is 114 Å². The SMILES string of the molecule is COc1cc(/C=N\NS(=O)(=O)c2ccc(C)cc2)ccc1O[C@H](C)C(=O)O. The first-order chi connectivity index (χ1) is 12.7. The number of hydrazone groups is 1. The largest absolute Gasteiger partial charge is 0.493 e. The van der Waals surface area contributed by atoms with Gasteiger partial charge in [-0.15, -0.1) is 0 Å². The summed E-state index contributed by atoms with van der Waals surface area (Å²) in [4.78, 5) is 13.1. The third kappa shape index (κ3) is 5.45. The van der Waals surface area contributed by atoms with Crippen LogP contribution in [0.3, 0.4) is 0 Å². The van der Waals surface area contributed by atoms with Gasteiger partial charge in [-0.2, -0.15) is 13.5 Å². The zero-order valence-corrected chi connectivity index (χ0v) is 15.9. The van der Waals surface area contributed by atoms with Crippen LogP contribution in [0.25, 0.3) is 0 Å². The summed E-state index contributed by atoms with van der Waals surface area (Å²) in [6, 6.07) is 11.0. The van der Waals surface area contributed by atoms with Gasteiger partial charge in [0.1, 0.15) is 0 Å². The summed E-state index contributed by atoms with van der Waals surface area (Å²) < 4.78 is 34.8. The number of aryl methyl sites for hydroxylation is 1. The molecule has 0 aliphatic heterocycles. The standard InChI is InChI=1S/C18H20N2O6S/c1-12-4-7-15(8-5-12)27(23,24)20-19-11-14-6-9-16(17(10-14)25-3)26-13(2)18(21)22/h4-11,13,20H,1-3H3,(H,21,22)/b19-11-/t13-/m1/s1. The highest BCUT2D eigenvalue weighted by molar-refractivity contribution is 7.89. The number of nitrogens with zero attached hydrogens (tertiary/aromatic N) is 1. The van der Waals surface area contributed by atoms with Crippen LogP contribution in [0, 0.1) is 6.92 Å². The van der Waals surface area contributed by atoms with Crippen LogP contribution in [-0.4, -0.2) is 38.9 Å². The molecular weight excluding hydrogens is 372 g/mol. The van der Waals surface area contributed by atoms with Gasteiger partial charge < -0.3 is 14.6 Å². The number of sulfonamides is 1. The van der Waals surface area contributed by atoms with Crippen molar-refractivity contribution in [2.45, 2.75) is 24.8 Å². The highest BCUT2D eigenvalue weighted by atomic mass is 32.2. The first kappa shape index (κ1) is 20.2. The van der Waals surface area contributed by atoms with E-state index in [9.17, 15) is 13.2 Å². The van der Waals surface area contributed by atoms with Crippen molar-refractivity contribution >= 4 is 22.2 Å². The smallest absolute Gasteiger partial charge is 0.344 e. The quantitative estimate of drug-likeness (QED) is 0.526. The molecule has 2 aromatic rings. The lowest BCUT2D eigenvalue weighted by Crippen LogP contribution is -2.23. The van der Waals surface area contributed by atoms with Crippen molar-refractivity contribution in [3.8, 4) is 11.5 Å². The zero-order chi connectivity index (χ0) is 20.0. The number of carbonyl (C=O) groups is 1. The lowest BCUT2D eigenvalue weighted by Gasteiger charge is -2.14. The summed E-state index contributed by atoms with van der Waals surface area (Å²) in [5.41, 5.74) is 1.48. The number of benzene rings is 2. The van der Waals surface area contributed by atoms with E-state index in [1.165, 1.54) is 38.4 Å². The van der Waals surface area contributed by atoms with Gasteiger partial charge in [0.15, 0.2) is 17.6 Å². The lowest BCUT2D eigenvalue weighted by atomic mass is 10.2. The van der Waals surface area contributed by atoms with Crippen molar-refractivity contribution in [2.24, 2.45) is 5.10 Å². The molecule has 0 heterocycles. The van der Waals surface area contributed by atoms with Crippen molar-refractivity contribution in [3.63, 3.8) is 0 Å². The zero-order valence-electron chi connectivity index (χ0n) is 15.0.